The minimum absolute atomic E-state index is 0.144. The van der Waals surface area contributed by atoms with Crippen LogP contribution >= 0.6 is 11.3 Å². The van der Waals surface area contributed by atoms with Crippen LogP contribution in [0.15, 0.2) is 43.8 Å². The quantitative estimate of drug-likeness (QED) is 0.746. The van der Waals surface area contributed by atoms with Crippen molar-refractivity contribution in [1.29, 1.82) is 0 Å². The van der Waals surface area contributed by atoms with Crippen LogP contribution < -0.4 is 10.5 Å². The van der Waals surface area contributed by atoms with Crippen molar-refractivity contribution < 1.29 is 12.8 Å². The van der Waals surface area contributed by atoms with Crippen LogP contribution in [0.1, 0.15) is 17.4 Å². The normalized spacial score (nSPS) is 12.0. The van der Waals surface area contributed by atoms with E-state index in [1.807, 2.05) is 13.0 Å². The molecule has 3 rings (SSSR count). The number of H-pyrrole nitrogens is 1. The van der Waals surface area contributed by atoms with Gasteiger partial charge in [-0.3, -0.25) is 4.98 Å². The average molecular weight is 338 g/mol. The number of benzene rings is 1. The van der Waals surface area contributed by atoms with Gasteiger partial charge in [-0.15, -0.1) is 11.3 Å². The molecular weight excluding hydrogens is 324 g/mol. The molecule has 2 aromatic heterocycles. The smallest absolute Gasteiger partial charge is 0.408 e. The van der Waals surface area contributed by atoms with Gasteiger partial charge in [-0.2, -0.15) is 0 Å². The molecule has 0 atom stereocenters. The number of rotatable bonds is 5. The van der Waals surface area contributed by atoms with E-state index in [2.05, 4.69) is 9.71 Å². The molecule has 2 N–H and O–H groups in total. The number of oxazole rings is 1. The first-order valence-corrected chi connectivity index (χ1v) is 8.98. The third-order valence-electron chi connectivity index (χ3n) is 3.20. The summed E-state index contributed by atoms with van der Waals surface area (Å²) in [4.78, 5) is 14.7. The third-order valence-corrected chi connectivity index (χ3v) is 6.32. The number of aryl methyl sites for hydroxylation is 1. The van der Waals surface area contributed by atoms with Crippen LogP contribution in [0, 0.1) is 0 Å². The van der Waals surface area contributed by atoms with Crippen molar-refractivity contribution in [1.82, 2.24) is 9.71 Å². The van der Waals surface area contributed by atoms with E-state index < -0.39 is 15.8 Å². The number of nitrogens with one attached hydrogen (secondary N) is 2. The number of aromatic amines is 1. The number of hydrogen-bond acceptors (Lipinski definition) is 5. The zero-order valence-corrected chi connectivity index (χ0v) is 13.4. The summed E-state index contributed by atoms with van der Waals surface area (Å²) < 4.78 is 32.2. The fourth-order valence-corrected chi connectivity index (χ4v) is 4.41. The number of hydrogen-bond donors (Lipinski definition) is 2. The Morgan fingerprint density at radius 2 is 2.09 bits per heavy atom. The molecule has 0 radical (unpaired) electrons. The Hall–Kier alpha value is -1.90. The van der Waals surface area contributed by atoms with Crippen molar-refractivity contribution >= 4 is 32.5 Å². The van der Waals surface area contributed by atoms with Gasteiger partial charge in [0.25, 0.3) is 0 Å². The topological polar surface area (TPSA) is 92.2 Å². The minimum atomic E-state index is -3.52. The Balaban J connectivity index is 1.78. The fraction of sp³-hybridized carbons (Fsp3) is 0.214. The molecule has 2 heterocycles. The van der Waals surface area contributed by atoms with Crippen molar-refractivity contribution in [3.8, 4) is 0 Å². The molecule has 0 unspecified atom stereocenters. The molecule has 0 spiro atoms. The molecule has 0 amide bonds. The molecule has 1 aromatic carbocycles. The van der Waals surface area contributed by atoms with Crippen molar-refractivity contribution in [2.45, 2.75) is 24.1 Å². The van der Waals surface area contributed by atoms with E-state index in [9.17, 15) is 13.2 Å². The molecule has 0 aliphatic rings. The van der Waals surface area contributed by atoms with Gasteiger partial charge in [-0.25, -0.2) is 17.9 Å². The summed E-state index contributed by atoms with van der Waals surface area (Å²) in [7, 11) is -3.52. The predicted molar refractivity (Wildman–Crippen MR) is 84.6 cm³/mol. The first kappa shape index (κ1) is 15.0. The summed E-state index contributed by atoms with van der Waals surface area (Å²) >= 11 is 1.27. The van der Waals surface area contributed by atoms with Gasteiger partial charge in [0.15, 0.2) is 5.58 Å². The van der Waals surface area contributed by atoms with E-state index >= 15 is 0 Å². The molecule has 0 saturated carbocycles. The molecule has 3 aromatic rings. The Bertz CT molecular complexity index is 966. The van der Waals surface area contributed by atoms with Gasteiger partial charge in [0.05, 0.1) is 5.52 Å². The standard InChI is InChI=1S/C14H14N2O4S2/c1-2-10-4-6-13(21-10)22(18,19)15-8-9-3-5-12-11(7-9)16-14(17)20-12/h3-7,15H,2,8H2,1H3,(H,16,17). The summed E-state index contributed by atoms with van der Waals surface area (Å²) in [5, 5.41) is 0. The van der Waals surface area contributed by atoms with Gasteiger partial charge in [-0.05, 0) is 36.2 Å². The van der Waals surface area contributed by atoms with Crippen LogP contribution in [0.25, 0.3) is 11.1 Å². The summed E-state index contributed by atoms with van der Waals surface area (Å²) in [6, 6.07) is 8.48. The molecule has 0 aliphatic carbocycles. The Kier molecular flexibility index (Phi) is 3.90. The second-order valence-electron chi connectivity index (χ2n) is 4.74. The first-order valence-electron chi connectivity index (χ1n) is 6.68. The molecule has 0 fully saturated rings. The lowest BCUT2D eigenvalue weighted by Gasteiger charge is -2.04. The third kappa shape index (κ3) is 2.99. The molecule has 6 nitrogen and oxygen atoms in total. The molecule has 116 valence electrons. The van der Waals surface area contributed by atoms with Crippen LogP contribution in [0.4, 0.5) is 0 Å². The zero-order chi connectivity index (χ0) is 15.7. The number of sulfonamides is 1. The van der Waals surface area contributed by atoms with Crippen LogP contribution in [-0.2, 0) is 23.0 Å². The van der Waals surface area contributed by atoms with Crippen molar-refractivity contribution in [2.75, 3.05) is 0 Å². The molecular formula is C14H14N2O4S2. The number of fused-ring (bicyclic) bond motifs is 1. The zero-order valence-electron chi connectivity index (χ0n) is 11.8. The van der Waals surface area contributed by atoms with Gasteiger partial charge in [0.2, 0.25) is 10.0 Å². The molecule has 0 bridgehead atoms. The lowest BCUT2D eigenvalue weighted by atomic mass is 10.2. The maximum absolute atomic E-state index is 12.2. The molecule has 0 saturated heterocycles. The van der Waals surface area contributed by atoms with Crippen molar-refractivity contribution in [3.05, 3.63) is 51.3 Å². The van der Waals surface area contributed by atoms with E-state index in [-0.39, 0.29) is 6.54 Å². The Morgan fingerprint density at radius 3 is 2.82 bits per heavy atom. The van der Waals surface area contributed by atoms with Crippen molar-refractivity contribution in [2.24, 2.45) is 0 Å². The second kappa shape index (κ2) is 5.71. The predicted octanol–water partition coefficient (Wildman–Crippen LogP) is 2.22. The lowest BCUT2D eigenvalue weighted by Crippen LogP contribution is -2.22. The van der Waals surface area contributed by atoms with Crippen LogP contribution in [0.2, 0.25) is 0 Å². The summed E-state index contributed by atoms with van der Waals surface area (Å²) in [6.45, 7) is 2.13. The highest BCUT2D eigenvalue weighted by molar-refractivity contribution is 7.91. The first-order chi connectivity index (χ1) is 10.5. The second-order valence-corrected chi connectivity index (χ2v) is 7.91. The van der Waals surface area contributed by atoms with E-state index in [1.54, 1.807) is 24.3 Å². The number of aromatic nitrogens is 1. The highest BCUT2D eigenvalue weighted by atomic mass is 32.2. The highest BCUT2D eigenvalue weighted by Gasteiger charge is 2.16. The number of thiophene rings is 1. The molecule has 0 aliphatic heterocycles. The van der Waals surface area contributed by atoms with Crippen LogP contribution in [-0.4, -0.2) is 13.4 Å². The summed E-state index contributed by atoms with van der Waals surface area (Å²) in [5.41, 5.74) is 1.73. The van der Waals surface area contributed by atoms with E-state index in [0.29, 0.717) is 15.3 Å². The highest BCUT2D eigenvalue weighted by Crippen LogP contribution is 2.22. The van der Waals surface area contributed by atoms with E-state index in [1.165, 1.54) is 11.3 Å². The van der Waals surface area contributed by atoms with Gasteiger partial charge in [0, 0.05) is 11.4 Å². The minimum Gasteiger partial charge on any atom is -0.408 e. The van der Waals surface area contributed by atoms with Crippen LogP contribution in [0.3, 0.4) is 0 Å². The van der Waals surface area contributed by atoms with E-state index in [0.717, 1.165) is 16.9 Å². The Labute approximate surface area is 130 Å². The van der Waals surface area contributed by atoms with E-state index in [4.69, 9.17) is 4.42 Å². The molecule has 22 heavy (non-hydrogen) atoms. The van der Waals surface area contributed by atoms with Crippen LogP contribution in [0.5, 0.6) is 0 Å². The summed E-state index contributed by atoms with van der Waals surface area (Å²) in [6.07, 6.45) is 0.810. The van der Waals surface area contributed by atoms with Gasteiger partial charge >= 0.3 is 5.76 Å². The Morgan fingerprint density at radius 1 is 1.27 bits per heavy atom. The van der Waals surface area contributed by atoms with Gasteiger partial charge in [-0.1, -0.05) is 13.0 Å². The SMILES string of the molecule is CCc1ccc(S(=O)(=O)NCc2ccc3oc(=O)[nH]c3c2)s1. The fourth-order valence-electron chi connectivity index (χ4n) is 2.05. The summed E-state index contributed by atoms with van der Waals surface area (Å²) in [5.74, 6) is -0.529. The van der Waals surface area contributed by atoms with Gasteiger partial charge < -0.3 is 4.42 Å². The largest absolute Gasteiger partial charge is 0.417 e. The monoisotopic (exact) mass is 338 g/mol. The lowest BCUT2D eigenvalue weighted by molar-refractivity contribution is 0.555. The van der Waals surface area contributed by atoms with Crippen molar-refractivity contribution in [3.63, 3.8) is 0 Å². The molecule has 8 heteroatoms. The average Bonchev–Trinajstić information content (AvgIpc) is 3.10. The van der Waals surface area contributed by atoms with Gasteiger partial charge in [0.1, 0.15) is 4.21 Å². The maximum Gasteiger partial charge on any atom is 0.417 e. The maximum atomic E-state index is 12.2.